The van der Waals surface area contributed by atoms with Gasteiger partial charge in [-0.2, -0.15) is 0 Å². The molecule has 4 aromatic heterocycles. The standard InChI is InChI=1S/C37H28N4O5S/c42-36(43)24-16-18-39-29(20-24)31-22-25(37(44)45)21-30(40-31)28-19-23(15-17-38-28)32-11-12-33(46-32)34-13-14-35(47-34)41(26-7-3-1-4-8-26)27-9-5-2-6-10-27/h1-5,7-9,11-15,17-22,24H,6,10,16H2,(H,42,43)(H,44,45). The van der Waals surface area contributed by atoms with E-state index in [-0.39, 0.29) is 17.7 Å². The molecule has 0 bridgehead atoms. The second-order valence-electron chi connectivity index (χ2n) is 11.0. The summed E-state index contributed by atoms with van der Waals surface area (Å²) in [6, 6.07) is 24.8. The summed E-state index contributed by atoms with van der Waals surface area (Å²) in [5, 5.41) is 20.4. The molecule has 5 heterocycles. The van der Waals surface area contributed by atoms with Gasteiger partial charge in [-0.1, -0.05) is 30.4 Å². The Kier molecular flexibility index (Phi) is 8.16. The number of hydrogen-bond donors (Lipinski definition) is 2. The summed E-state index contributed by atoms with van der Waals surface area (Å²) in [5.41, 5.74) is 4.38. The lowest BCUT2D eigenvalue weighted by atomic mass is 10.0. The lowest BCUT2D eigenvalue weighted by Crippen LogP contribution is -2.15. The Morgan fingerprint density at radius 3 is 2.53 bits per heavy atom. The van der Waals surface area contributed by atoms with Crippen LogP contribution in [0.1, 0.15) is 35.3 Å². The van der Waals surface area contributed by atoms with Gasteiger partial charge in [0.15, 0.2) is 0 Å². The van der Waals surface area contributed by atoms with Gasteiger partial charge >= 0.3 is 11.9 Å². The number of carboxylic acid groups (broad SMARTS) is 2. The molecule has 0 radical (unpaired) electrons. The third kappa shape index (κ3) is 6.31. The molecule has 5 aromatic rings. The van der Waals surface area contributed by atoms with Crippen molar-refractivity contribution >= 4 is 45.9 Å². The number of nitrogens with zero attached hydrogens (tertiary/aromatic N) is 4. The number of furan rings is 1. The molecular weight excluding hydrogens is 612 g/mol. The summed E-state index contributed by atoms with van der Waals surface area (Å²) < 4.78 is 6.35. The highest BCUT2D eigenvalue weighted by Gasteiger charge is 2.22. The Balaban J connectivity index is 1.19. The van der Waals surface area contributed by atoms with Crippen molar-refractivity contribution < 1.29 is 24.2 Å². The topological polar surface area (TPSA) is 129 Å². The van der Waals surface area contributed by atoms with Crippen molar-refractivity contribution in [3.63, 3.8) is 0 Å². The molecule has 1 aliphatic heterocycles. The van der Waals surface area contributed by atoms with Crippen molar-refractivity contribution in [2.24, 2.45) is 10.9 Å². The molecule has 1 atom stereocenters. The van der Waals surface area contributed by atoms with Gasteiger partial charge in [-0.15, -0.1) is 11.3 Å². The quantitative estimate of drug-likeness (QED) is 0.164. The Hall–Kier alpha value is -5.87. The molecular formula is C37H28N4O5S. The van der Waals surface area contributed by atoms with E-state index in [9.17, 15) is 19.8 Å². The van der Waals surface area contributed by atoms with Crippen molar-refractivity contribution in [3.8, 4) is 33.3 Å². The SMILES string of the molecule is O=C(O)c1cc(C2=CC(C(=O)O)CC=N2)nc(-c2cc(-c3ccc(-c4ccc(N(C5=CC=CCC5)c5ccccc5)s4)o3)ccn2)c1. The van der Waals surface area contributed by atoms with Crippen LogP contribution < -0.4 is 4.90 Å². The molecule has 0 saturated carbocycles. The van der Waals surface area contributed by atoms with Gasteiger partial charge < -0.3 is 19.5 Å². The third-order valence-electron chi connectivity index (χ3n) is 7.86. The second-order valence-corrected chi connectivity index (χ2v) is 12.1. The molecule has 0 saturated heterocycles. The maximum absolute atomic E-state index is 12.0. The zero-order valence-electron chi connectivity index (χ0n) is 25.0. The first kappa shape index (κ1) is 29.8. The minimum absolute atomic E-state index is 0.0101. The molecule has 1 aliphatic carbocycles. The predicted octanol–water partition coefficient (Wildman–Crippen LogP) is 8.72. The number of aliphatic carboxylic acids is 1. The Morgan fingerprint density at radius 1 is 0.915 bits per heavy atom. The van der Waals surface area contributed by atoms with Gasteiger partial charge in [-0.05, 0) is 92.1 Å². The van der Waals surface area contributed by atoms with E-state index < -0.39 is 17.9 Å². The number of anilines is 2. The number of para-hydroxylation sites is 1. The van der Waals surface area contributed by atoms with E-state index in [1.165, 1.54) is 30.1 Å². The molecule has 2 N–H and O–H groups in total. The number of aromatic nitrogens is 2. The van der Waals surface area contributed by atoms with Crippen LogP contribution in [0.15, 0.2) is 124 Å². The first-order chi connectivity index (χ1) is 22.9. The van der Waals surface area contributed by atoms with E-state index in [0.29, 0.717) is 22.8 Å². The highest BCUT2D eigenvalue weighted by Crippen LogP contribution is 2.42. The predicted molar refractivity (Wildman–Crippen MR) is 183 cm³/mol. The van der Waals surface area contributed by atoms with Crippen LogP contribution in [0.5, 0.6) is 0 Å². The van der Waals surface area contributed by atoms with Crippen molar-refractivity contribution in [2.75, 3.05) is 4.90 Å². The number of carboxylic acids is 2. The average Bonchev–Trinajstić information content (AvgIpc) is 3.80. The first-order valence-corrected chi connectivity index (χ1v) is 15.9. The van der Waals surface area contributed by atoms with E-state index in [1.807, 2.05) is 36.4 Å². The van der Waals surface area contributed by atoms with Crippen molar-refractivity contribution in [1.29, 1.82) is 0 Å². The average molecular weight is 641 g/mol. The Bertz CT molecular complexity index is 2110. The van der Waals surface area contributed by atoms with E-state index in [0.717, 1.165) is 39.7 Å². The molecule has 9 nitrogen and oxygen atoms in total. The van der Waals surface area contributed by atoms with E-state index >= 15 is 0 Å². The largest absolute Gasteiger partial charge is 0.481 e. The molecule has 0 amide bonds. The molecule has 7 rings (SSSR count). The van der Waals surface area contributed by atoms with E-state index in [4.69, 9.17) is 4.42 Å². The molecule has 1 unspecified atom stereocenters. The summed E-state index contributed by atoms with van der Waals surface area (Å²) in [6.45, 7) is 0. The number of allylic oxidation sites excluding steroid dienone is 4. The summed E-state index contributed by atoms with van der Waals surface area (Å²) in [4.78, 5) is 40.2. The Morgan fingerprint density at radius 2 is 1.74 bits per heavy atom. The number of thiophene rings is 1. The smallest absolute Gasteiger partial charge is 0.335 e. The Labute approximate surface area is 274 Å². The molecule has 10 heteroatoms. The third-order valence-corrected chi connectivity index (χ3v) is 8.95. The summed E-state index contributed by atoms with van der Waals surface area (Å²) in [7, 11) is 0. The molecule has 2 aliphatic rings. The summed E-state index contributed by atoms with van der Waals surface area (Å²) in [5.74, 6) is -1.55. The normalized spacial score (nSPS) is 15.6. The summed E-state index contributed by atoms with van der Waals surface area (Å²) >= 11 is 1.65. The first-order valence-electron chi connectivity index (χ1n) is 15.0. The number of aromatic carboxylic acids is 1. The van der Waals surface area contributed by atoms with Crippen LogP contribution in [0, 0.1) is 5.92 Å². The van der Waals surface area contributed by atoms with Gasteiger partial charge in [0.25, 0.3) is 0 Å². The highest BCUT2D eigenvalue weighted by atomic mass is 32.1. The van der Waals surface area contributed by atoms with Gasteiger partial charge in [0.05, 0.1) is 39.1 Å². The molecule has 0 fully saturated rings. The lowest BCUT2D eigenvalue weighted by molar-refractivity contribution is -0.139. The van der Waals surface area contributed by atoms with Crippen LogP contribution in [0.3, 0.4) is 0 Å². The number of rotatable bonds is 9. The van der Waals surface area contributed by atoms with Crippen LogP contribution in [-0.4, -0.2) is 38.3 Å². The van der Waals surface area contributed by atoms with Gasteiger partial charge in [0.2, 0.25) is 0 Å². The number of pyridine rings is 2. The van der Waals surface area contributed by atoms with Crippen LogP contribution in [0.2, 0.25) is 0 Å². The fourth-order valence-electron chi connectivity index (χ4n) is 5.52. The van der Waals surface area contributed by atoms with Gasteiger partial charge in [-0.3, -0.25) is 14.8 Å². The maximum Gasteiger partial charge on any atom is 0.335 e. The van der Waals surface area contributed by atoms with Crippen LogP contribution in [0.4, 0.5) is 10.7 Å². The minimum Gasteiger partial charge on any atom is -0.481 e. The van der Waals surface area contributed by atoms with Crippen molar-refractivity contribution in [1.82, 2.24) is 9.97 Å². The zero-order chi connectivity index (χ0) is 32.3. The monoisotopic (exact) mass is 640 g/mol. The molecule has 47 heavy (non-hydrogen) atoms. The fourth-order valence-corrected chi connectivity index (χ4v) is 6.55. The molecule has 0 spiro atoms. The highest BCUT2D eigenvalue weighted by molar-refractivity contribution is 7.19. The van der Waals surface area contributed by atoms with Crippen molar-refractivity contribution in [3.05, 3.63) is 126 Å². The van der Waals surface area contributed by atoms with Crippen LogP contribution in [0.25, 0.3) is 39.0 Å². The summed E-state index contributed by atoms with van der Waals surface area (Å²) in [6.07, 6.45) is 13.3. The van der Waals surface area contributed by atoms with E-state index in [2.05, 4.69) is 62.4 Å². The number of aliphatic imine (C=N–C) groups is 1. The van der Waals surface area contributed by atoms with Crippen LogP contribution >= 0.6 is 11.3 Å². The zero-order valence-corrected chi connectivity index (χ0v) is 25.8. The lowest BCUT2D eigenvalue weighted by Gasteiger charge is -2.27. The fraction of sp³-hybridized carbons (Fsp3) is 0.108. The number of benzene rings is 1. The van der Waals surface area contributed by atoms with Gasteiger partial charge in [0, 0.05) is 29.4 Å². The maximum atomic E-state index is 12.0. The van der Waals surface area contributed by atoms with E-state index in [1.54, 1.807) is 23.6 Å². The molecule has 1 aromatic carbocycles. The molecule has 232 valence electrons. The van der Waals surface area contributed by atoms with Gasteiger partial charge in [0.1, 0.15) is 16.5 Å². The van der Waals surface area contributed by atoms with Gasteiger partial charge in [-0.25, -0.2) is 9.78 Å². The minimum atomic E-state index is -1.14. The van der Waals surface area contributed by atoms with Crippen LogP contribution in [-0.2, 0) is 4.79 Å². The number of carbonyl (C=O) groups is 2. The number of hydrogen-bond acceptors (Lipinski definition) is 8. The van der Waals surface area contributed by atoms with Crippen molar-refractivity contribution in [2.45, 2.75) is 19.3 Å². The second kappa shape index (κ2) is 12.9.